The fourth-order valence-electron chi connectivity index (χ4n) is 2.43. The molecule has 0 saturated carbocycles. The Morgan fingerprint density at radius 3 is 1.19 bits per heavy atom. The predicted octanol–water partition coefficient (Wildman–Crippen LogP) is 0.525. The zero-order valence-corrected chi connectivity index (χ0v) is 22.2. The molecule has 0 radical (unpaired) electrons. The van der Waals surface area contributed by atoms with Crippen LogP contribution < -0.4 is 10.6 Å². The van der Waals surface area contributed by atoms with Gasteiger partial charge in [-0.15, -0.1) is 0 Å². The summed E-state index contributed by atoms with van der Waals surface area (Å²) in [7, 11) is -3.03. The molecule has 2 N–H and O–H groups in total. The van der Waals surface area contributed by atoms with Crippen LogP contribution in [0.3, 0.4) is 0 Å². The molecule has 0 fully saturated rings. The highest BCUT2D eigenvalue weighted by Crippen LogP contribution is 2.12. The summed E-state index contributed by atoms with van der Waals surface area (Å²) in [6.07, 6.45) is 0. The third-order valence-electron chi connectivity index (χ3n) is 3.69. The van der Waals surface area contributed by atoms with Crippen LogP contribution in [0.5, 0.6) is 0 Å². The lowest BCUT2D eigenvalue weighted by molar-refractivity contribution is -0.0291. The number of hydrogen-bond acceptors (Lipinski definition) is 11. The first kappa shape index (κ1) is 31.0. The van der Waals surface area contributed by atoms with Gasteiger partial charge in [0.05, 0.1) is 26.4 Å². The van der Waals surface area contributed by atoms with Gasteiger partial charge in [0.25, 0.3) is 0 Å². The molecule has 0 saturated heterocycles. The Morgan fingerprint density at radius 1 is 0.484 bits per heavy atom. The van der Waals surface area contributed by atoms with E-state index in [2.05, 4.69) is 10.6 Å². The molecule has 11 nitrogen and oxygen atoms in total. The minimum absolute atomic E-state index is 0.382. The van der Waals surface area contributed by atoms with Crippen molar-refractivity contribution < 1.29 is 40.1 Å². The number of ether oxygens (including phenoxy) is 1. The first-order valence-corrected chi connectivity index (χ1v) is 14.3. The number of rotatable bonds is 24. The highest BCUT2D eigenvalue weighted by molar-refractivity contribution is 6.53. The van der Waals surface area contributed by atoms with E-state index in [9.17, 15) is 0 Å². The van der Waals surface area contributed by atoms with Crippen LogP contribution in [-0.4, -0.2) is 111 Å². The van der Waals surface area contributed by atoms with E-state index in [1.807, 2.05) is 27.7 Å². The van der Waals surface area contributed by atoms with E-state index < -0.39 is 18.1 Å². The van der Waals surface area contributed by atoms with E-state index in [4.69, 9.17) is 40.1 Å². The third kappa shape index (κ3) is 14.7. The molecule has 0 aromatic rings. The van der Waals surface area contributed by atoms with Crippen molar-refractivity contribution >= 4 is 18.1 Å². The van der Waals surface area contributed by atoms with Gasteiger partial charge >= 0.3 is 18.1 Å². The van der Waals surface area contributed by atoms with Crippen LogP contribution >= 0.6 is 0 Å². The van der Waals surface area contributed by atoms with Crippen molar-refractivity contribution in [3.63, 3.8) is 0 Å². The summed E-state index contributed by atoms with van der Waals surface area (Å²) >= 11 is 0. The van der Waals surface area contributed by atoms with Crippen molar-refractivity contribution in [2.45, 2.75) is 27.7 Å². The SMILES string of the molecule is CCO[Si](OC)(OCC)OCCNCCO[Si](OCC)(OCC)OCCNCCOC. The van der Waals surface area contributed by atoms with Crippen LogP contribution in [0.15, 0.2) is 0 Å². The summed E-state index contributed by atoms with van der Waals surface area (Å²) in [4.78, 5) is 0. The molecule has 0 unspecified atom stereocenters. The monoisotopic (exact) mass is 488 g/mol. The molecule has 188 valence electrons. The molecule has 31 heavy (non-hydrogen) atoms. The first-order valence-electron chi connectivity index (χ1n) is 11.0. The summed E-state index contributed by atoms with van der Waals surface area (Å²) in [5.41, 5.74) is 0. The van der Waals surface area contributed by atoms with Crippen molar-refractivity contribution in [2.75, 3.05) is 93.3 Å². The molecule has 13 heteroatoms. The van der Waals surface area contributed by atoms with Gasteiger partial charge in [-0.1, -0.05) is 0 Å². The number of hydrogen-bond donors (Lipinski definition) is 2. The van der Waals surface area contributed by atoms with Crippen LogP contribution in [0, 0.1) is 0 Å². The molecule has 0 aliphatic heterocycles. The topological polar surface area (TPSA) is 107 Å². The molecule has 0 amide bonds. The molecule has 0 spiro atoms. The molecule has 0 rings (SSSR count). The van der Waals surface area contributed by atoms with Crippen molar-refractivity contribution in [2.24, 2.45) is 0 Å². The fraction of sp³-hybridized carbons (Fsp3) is 1.00. The van der Waals surface area contributed by atoms with Gasteiger partial charge in [-0.25, -0.2) is 0 Å². The fourth-order valence-corrected chi connectivity index (χ4v) is 6.00. The van der Waals surface area contributed by atoms with Crippen molar-refractivity contribution in [1.29, 1.82) is 0 Å². The Morgan fingerprint density at radius 2 is 0.839 bits per heavy atom. The van der Waals surface area contributed by atoms with Gasteiger partial charge in [-0.05, 0) is 27.7 Å². The van der Waals surface area contributed by atoms with Crippen LogP contribution in [0.25, 0.3) is 0 Å². The van der Waals surface area contributed by atoms with E-state index in [0.717, 1.165) is 6.54 Å². The standard InChI is InChI=1S/C18H44N2O9Si2/c1-7-23-30(22-6,24-8-2)27-16-12-20-14-18-29-31(25-9-3,26-10-4)28-17-13-19-11-15-21-5/h19-20H,7-18H2,1-6H3. The first-order chi connectivity index (χ1) is 15.1. The highest BCUT2D eigenvalue weighted by atomic mass is 28.4. The lowest BCUT2D eigenvalue weighted by Crippen LogP contribution is -2.51. The second kappa shape index (κ2) is 20.6. The van der Waals surface area contributed by atoms with E-state index in [1.54, 1.807) is 7.11 Å². The van der Waals surface area contributed by atoms with E-state index >= 15 is 0 Å². The Hall–Kier alpha value is -0.00623. The van der Waals surface area contributed by atoms with Crippen molar-refractivity contribution in [3.8, 4) is 0 Å². The number of methoxy groups -OCH3 is 1. The smallest absolute Gasteiger partial charge is 0.383 e. The third-order valence-corrected chi connectivity index (χ3v) is 8.43. The van der Waals surface area contributed by atoms with Crippen molar-refractivity contribution in [1.82, 2.24) is 10.6 Å². The molecule has 0 bridgehead atoms. The maximum Gasteiger partial charge on any atom is 0.679 e. The van der Waals surface area contributed by atoms with Gasteiger partial charge in [0, 0.05) is 66.8 Å². The normalized spacial score (nSPS) is 12.6. The van der Waals surface area contributed by atoms with Gasteiger partial charge < -0.3 is 50.8 Å². The second-order valence-electron chi connectivity index (χ2n) is 5.97. The summed E-state index contributed by atoms with van der Waals surface area (Å²) in [5.74, 6) is 0. The molecular weight excluding hydrogens is 444 g/mol. The Labute approximate surface area is 190 Å². The quantitative estimate of drug-likeness (QED) is 0.147. The van der Waals surface area contributed by atoms with Crippen molar-refractivity contribution in [3.05, 3.63) is 0 Å². The molecular formula is C18H44N2O9Si2. The van der Waals surface area contributed by atoms with Gasteiger partial charge in [0.15, 0.2) is 0 Å². The second-order valence-corrected chi connectivity index (χ2v) is 10.4. The summed E-state index contributed by atoms with van der Waals surface area (Å²) in [6.45, 7) is 13.8. The molecule has 0 heterocycles. The van der Waals surface area contributed by atoms with Gasteiger partial charge in [-0.3, -0.25) is 0 Å². The zero-order valence-electron chi connectivity index (χ0n) is 20.2. The van der Waals surface area contributed by atoms with E-state index in [-0.39, 0.29) is 0 Å². The van der Waals surface area contributed by atoms with Crippen LogP contribution in [0.1, 0.15) is 27.7 Å². The maximum atomic E-state index is 5.94. The number of nitrogens with one attached hydrogen (secondary N) is 2. The minimum Gasteiger partial charge on any atom is -0.383 e. The van der Waals surface area contributed by atoms with Gasteiger partial charge in [-0.2, -0.15) is 0 Å². The Balaban J connectivity index is 4.30. The molecule has 0 atom stereocenters. The Bertz CT molecular complexity index is 389. The van der Waals surface area contributed by atoms with Crippen LogP contribution in [-0.2, 0) is 40.1 Å². The Kier molecular flexibility index (Phi) is 20.6. The molecule has 0 aliphatic carbocycles. The van der Waals surface area contributed by atoms with E-state index in [0.29, 0.717) is 72.5 Å². The molecule has 0 aromatic carbocycles. The predicted molar refractivity (Wildman–Crippen MR) is 120 cm³/mol. The summed E-state index contributed by atoms with van der Waals surface area (Å²) < 4.78 is 50.7. The largest absolute Gasteiger partial charge is 0.679 e. The van der Waals surface area contributed by atoms with Gasteiger partial charge in [0.2, 0.25) is 0 Å². The highest BCUT2D eigenvalue weighted by Gasteiger charge is 2.45. The van der Waals surface area contributed by atoms with Crippen LogP contribution in [0.2, 0.25) is 0 Å². The average Bonchev–Trinajstić information content (AvgIpc) is 2.76. The molecule has 0 aliphatic rings. The van der Waals surface area contributed by atoms with E-state index in [1.165, 1.54) is 7.11 Å². The lowest BCUT2D eigenvalue weighted by Gasteiger charge is -2.27. The molecule has 0 aromatic heterocycles. The van der Waals surface area contributed by atoms with Crippen LogP contribution in [0.4, 0.5) is 0 Å². The average molecular weight is 489 g/mol. The van der Waals surface area contributed by atoms with Gasteiger partial charge in [0.1, 0.15) is 0 Å². The lowest BCUT2D eigenvalue weighted by atomic mass is 10.6. The zero-order chi connectivity index (χ0) is 23.3. The maximum absolute atomic E-state index is 5.94. The summed E-state index contributed by atoms with van der Waals surface area (Å²) in [5, 5.41) is 6.47. The minimum atomic E-state index is -3.19. The summed E-state index contributed by atoms with van der Waals surface area (Å²) in [6, 6.07) is 0.